The minimum atomic E-state index is -1.19. The van der Waals surface area contributed by atoms with E-state index in [1.807, 2.05) is 56.3 Å². The van der Waals surface area contributed by atoms with Crippen LogP contribution in [-0.4, -0.2) is 6.09 Å². The van der Waals surface area contributed by atoms with Crippen LogP contribution in [0.5, 0.6) is 0 Å². The molecule has 0 spiro atoms. The van der Waals surface area contributed by atoms with Crippen molar-refractivity contribution in [2.24, 2.45) is 0 Å². The lowest BCUT2D eigenvalue weighted by Crippen LogP contribution is -2.42. The van der Waals surface area contributed by atoms with Crippen molar-refractivity contribution in [3.05, 3.63) is 65.7 Å². The molecule has 0 bridgehead atoms. The number of carbonyl (C=O) groups excluding carboxylic acids is 1. The topological polar surface area (TPSA) is 43.4 Å². The van der Waals surface area contributed by atoms with Gasteiger partial charge < -0.3 is 14.8 Å². The Kier molecular flexibility index (Phi) is 3.85. The molecular weight excluding hydrogens is 238 g/mol. The second-order valence-electron chi connectivity index (χ2n) is 4.56. The molecule has 1 amide bonds. The quantitative estimate of drug-likeness (QED) is 0.845. The van der Waals surface area contributed by atoms with E-state index >= 15 is 0 Å². The summed E-state index contributed by atoms with van der Waals surface area (Å²) in [7, 11) is 0. The molecule has 0 N–H and O–H groups in total. The highest BCUT2D eigenvalue weighted by Crippen LogP contribution is 2.26. The molecule has 0 aliphatic carbocycles. The Bertz CT molecular complexity index is 549. The maximum Gasteiger partial charge on any atom is 0.142 e. The third kappa shape index (κ3) is 2.94. The molecule has 19 heavy (non-hydrogen) atoms. The van der Waals surface area contributed by atoms with E-state index in [0.29, 0.717) is 5.69 Å². The number of anilines is 1. The Hall–Kier alpha value is -2.29. The number of rotatable bonds is 3. The summed E-state index contributed by atoms with van der Waals surface area (Å²) in [5, 5.41) is 11.4. The standard InChI is InChI=1S/C16H17NO2/c1-12-8-10-15(11-9-12)17(16(18)19)13(2)14-6-4-3-5-7-14/h3-11,13H,1-2H3,(H,18,19)/p-1. The predicted octanol–water partition coefficient (Wildman–Crippen LogP) is 2.91. The van der Waals surface area contributed by atoms with E-state index in [4.69, 9.17) is 0 Å². The van der Waals surface area contributed by atoms with Crippen molar-refractivity contribution in [1.29, 1.82) is 0 Å². The van der Waals surface area contributed by atoms with Crippen LogP contribution in [0.4, 0.5) is 10.5 Å². The van der Waals surface area contributed by atoms with Crippen LogP contribution in [0.25, 0.3) is 0 Å². The molecule has 2 aromatic rings. The van der Waals surface area contributed by atoms with E-state index in [1.165, 1.54) is 4.90 Å². The number of hydrogen-bond acceptors (Lipinski definition) is 2. The molecule has 2 rings (SSSR count). The van der Waals surface area contributed by atoms with Crippen molar-refractivity contribution >= 4 is 11.8 Å². The fourth-order valence-corrected chi connectivity index (χ4v) is 2.07. The van der Waals surface area contributed by atoms with Gasteiger partial charge in [0.2, 0.25) is 0 Å². The van der Waals surface area contributed by atoms with Crippen molar-refractivity contribution < 1.29 is 9.90 Å². The summed E-state index contributed by atoms with van der Waals surface area (Å²) in [6.07, 6.45) is -1.19. The van der Waals surface area contributed by atoms with Crippen LogP contribution in [0.3, 0.4) is 0 Å². The normalized spacial score (nSPS) is 11.9. The van der Waals surface area contributed by atoms with Crippen LogP contribution >= 0.6 is 0 Å². The number of nitrogens with zero attached hydrogens (tertiary/aromatic N) is 1. The summed E-state index contributed by atoms with van der Waals surface area (Å²) in [6.45, 7) is 3.82. The van der Waals surface area contributed by atoms with Crippen LogP contribution in [0, 0.1) is 6.92 Å². The van der Waals surface area contributed by atoms with Gasteiger partial charge in [0.05, 0.1) is 6.04 Å². The highest BCUT2D eigenvalue weighted by atomic mass is 16.4. The van der Waals surface area contributed by atoms with Crippen LogP contribution in [0.15, 0.2) is 54.6 Å². The van der Waals surface area contributed by atoms with E-state index in [1.54, 1.807) is 12.1 Å². The van der Waals surface area contributed by atoms with Gasteiger partial charge in [-0.25, -0.2) is 0 Å². The van der Waals surface area contributed by atoms with Crippen LogP contribution in [0.1, 0.15) is 24.1 Å². The Morgan fingerprint density at radius 1 is 1.05 bits per heavy atom. The minimum absolute atomic E-state index is 0.283. The van der Waals surface area contributed by atoms with Crippen molar-refractivity contribution in [2.45, 2.75) is 19.9 Å². The van der Waals surface area contributed by atoms with Gasteiger partial charge in [0.15, 0.2) is 0 Å². The number of hydrogen-bond donors (Lipinski definition) is 0. The molecule has 0 fully saturated rings. The molecule has 1 unspecified atom stereocenters. The highest BCUT2D eigenvalue weighted by molar-refractivity contribution is 5.85. The summed E-state index contributed by atoms with van der Waals surface area (Å²) in [4.78, 5) is 12.7. The van der Waals surface area contributed by atoms with Gasteiger partial charge in [-0.3, -0.25) is 0 Å². The maximum absolute atomic E-state index is 11.4. The van der Waals surface area contributed by atoms with Gasteiger partial charge in [-0.1, -0.05) is 48.0 Å². The molecule has 0 aliphatic heterocycles. The molecule has 0 saturated heterocycles. The molecule has 0 heterocycles. The predicted molar refractivity (Wildman–Crippen MR) is 73.9 cm³/mol. The van der Waals surface area contributed by atoms with E-state index in [2.05, 4.69) is 0 Å². The fourth-order valence-electron chi connectivity index (χ4n) is 2.07. The molecular formula is C16H16NO2-. The fraction of sp³-hybridized carbons (Fsp3) is 0.188. The molecule has 2 aromatic carbocycles. The van der Waals surface area contributed by atoms with Crippen LogP contribution < -0.4 is 10.0 Å². The van der Waals surface area contributed by atoms with E-state index in [0.717, 1.165) is 11.1 Å². The molecule has 0 radical (unpaired) electrons. The SMILES string of the molecule is Cc1ccc(N(C(=O)[O-])C(C)c2ccccc2)cc1. The molecule has 0 aliphatic rings. The number of carboxylic acid groups (broad SMARTS) is 1. The van der Waals surface area contributed by atoms with Crippen molar-refractivity contribution in [1.82, 2.24) is 0 Å². The van der Waals surface area contributed by atoms with Crippen LogP contribution in [-0.2, 0) is 0 Å². The molecule has 0 saturated carbocycles. The first-order chi connectivity index (χ1) is 9.09. The zero-order valence-corrected chi connectivity index (χ0v) is 11.0. The Morgan fingerprint density at radius 2 is 1.63 bits per heavy atom. The van der Waals surface area contributed by atoms with Gasteiger partial charge in [-0.05, 0) is 31.5 Å². The lowest BCUT2D eigenvalue weighted by atomic mass is 10.1. The van der Waals surface area contributed by atoms with Crippen molar-refractivity contribution in [2.75, 3.05) is 4.90 Å². The number of benzene rings is 2. The molecule has 1 atom stereocenters. The smallest absolute Gasteiger partial charge is 0.142 e. The third-order valence-electron chi connectivity index (χ3n) is 3.18. The Morgan fingerprint density at radius 3 is 2.16 bits per heavy atom. The Balaban J connectivity index is 2.36. The van der Waals surface area contributed by atoms with E-state index in [-0.39, 0.29) is 6.04 Å². The summed E-state index contributed by atoms with van der Waals surface area (Å²) in [6, 6.07) is 16.6. The Labute approximate surface area is 113 Å². The zero-order valence-electron chi connectivity index (χ0n) is 11.0. The number of amides is 1. The zero-order chi connectivity index (χ0) is 13.8. The average molecular weight is 254 g/mol. The molecule has 3 nitrogen and oxygen atoms in total. The van der Waals surface area contributed by atoms with Gasteiger partial charge >= 0.3 is 0 Å². The van der Waals surface area contributed by atoms with Gasteiger partial charge in [0, 0.05) is 5.69 Å². The molecule has 3 heteroatoms. The first kappa shape index (κ1) is 13.1. The summed E-state index contributed by atoms with van der Waals surface area (Å²) in [5.41, 5.74) is 2.66. The first-order valence-electron chi connectivity index (χ1n) is 6.21. The van der Waals surface area contributed by atoms with E-state index < -0.39 is 6.09 Å². The van der Waals surface area contributed by atoms with E-state index in [9.17, 15) is 9.90 Å². The molecule has 0 aromatic heterocycles. The minimum Gasteiger partial charge on any atom is -0.530 e. The largest absolute Gasteiger partial charge is 0.530 e. The lowest BCUT2D eigenvalue weighted by molar-refractivity contribution is -0.247. The number of carbonyl (C=O) groups is 1. The average Bonchev–Trinajstić information content (AvgIpc) is 2.42. The van der Waals surface area contributed by atoms with Gasteiger partial charge in [-0.15, -0.1) is 0 Å². The summed E-state index contributed by atoms with van der Waals surface area (Å²) >= 11 is 0. The van der Waals surface area contributed by atoms with Crippen molar-refractivity contribution in [3.63, 3.8) is 0 Å². The second-order valence-corrected chi connectivity index (χ2v) is 4.56. The lowest BCUT2D eigenvalue weighted by Gasteiger charge is -2.32. The van der Waals surface area contributed by atoms with Gasteiger partial charge in [0.25, 0.3) is 0 Å². The highest BCUT2D eigenvalue weighted by Gasteiger charge is 2.17. The molecule has 98 valence electrons. The summed E-state index contributed by atoms with van der Waals surface area (Å²) in [5.74, 6) is 0. The van der Waals surface area contributed by atoms with Crippen molar-refractivity contribution in [3.8, 4) is 0 Å². The maximum atomic E-state index is 11.4. The number of aryl methyl sites for hydroxylation is 1. The van der Waals surface area contributed by atoms with Gasteiger partial charge in [0.1, 0.15) is 6.09 Å². The first-order valence-corrected chi connectivity index (χ1v) is 6.21. The second kappa shape index (κ2) is 5.57. The monoisotopic (exact) mass is 254 g/mol. The van der Waals surface area contributed by atoms with Crippen LogP contribution in [0.2, 0.25) is 0 Å². The van der Waals surface area contributed by atoms with Gasteiger partial charge in [-0.2, -0.15) is 0 Å². The summed E-state index contributed by atoms with van der Waals surface area (Å²) < 4.78 is 0. The third-order valence-corrected chi connectivity index (χ3v) is 3.18.